The molecule has 3 aromatic rings. The van der Waals surface area contributed by atoms with Crippen molar-refractivity contribution >= 4 is 52.3 Å². The molecule has 0 unspecified atom stereocenters. The Morgan fingerprint density at radius 2 is 1.86 bits per heavy atom. The Bertz CT molecular complexity index is 1350. The lowest BCUT2D eigenvalue weighted by Gasteiger charge is -2.26. The maximum Gasteiger partial charge on any atom is 0.331 e. The van der Waals surface area contributed by atoms with Crippen molar-refractivity contribution in [3.05, 3.63) is 76.5 Å². The third kappa shape index (κ3) is 5.26. The van der Waals surface area contributed by atoms with Gasteiger partial charge in [-0.3, -0.25) is 24.6 Å². The molecule has 0 atom stereocenters. The van der Waals surface area contributed by atoms with Gasteiger partial charge in [0.25, 0.3) is 11.8 Å². The number of halogens is 1. The number of benzene rings is 2. The highest BCUT2D eigenvalue weighted by Crippen LogP contribution is 2.26. The largest absolute Gasteiger partial charge is 0.383 e. The number of methoxy groups -OCH3 is 1. The summed E-state index contributed by atoms with van der Waals surface area (Å²) in [6.07, 6.45) is 3.13. The molecule has 35 heavy (non-hydrogen) atoms. The van der Waals surface area contributed by atoms with Gasteiger partial charge in [0.2, 0.25) is 5.91 Å². The number of nitrogens with one attached hydrogen (secondary N) is 2. The molecule has 1 aromatic heterocycles. The van der Waals surface area contributed by atoms with Crippen molar-refractivity contribution in [2.24, 2.45) is 0 Å². The van der Waals surface area contributed by atoms with Gasteiger partial charge in [-0.15, -0.1) is 0 Å². The van der Waals surface area contributed by atoms with Gasteiger partial charge in [-0.25, -0.2) is 4.79 Å². The van der Waals surface area contributed by atoms with Gasteiger partial charge in [-0.1, -0.05) is 48.0 Å². The number of carbonyl (C=O) groups excluding carboxylic acids is 4. The first-order valence-corrected chi connectivity index (χ1v) is 11.2. The quantitative estimate of drug-likeness (QED) is 0.284. The van der Waals surface area contributed by atoms with Crippen LogP contribution in [-0.2, 0) is 32.2 Å². The third-order valence-corrected chi connectivity index (χ3v) is 5.90. The molecule has 0 saturated carbocycles. The monoisotopic (exact) mass is 494 g/mol. The highest BCUT2D eigenvalue weighted by molar-refractivity contribution is 6.32. The average Bonchev–Trinajstić information content (AvgIpc) is 3.17. The van der Waals surface area contributed by atoms with Crippen LogP contribution in [0.15, 0.2) is 60.3 Å². The van der Waals surface area contributed by atoms with Crippen molar-refractivity contribution in [3.63, 3.8) is 0 Å². The van der Waals surface area contributed by atoms with E-state index in [4.69, 9.17) is 16.3 Å². The molecule has 4 rings (SSSR count). The van der Waals surface area contributed by atoms with Crippen LogP contribution in [0.1, 0.15) is 11.1 Å². The number of ether oxygens (including phenoxy) is 1. The van der Waals surface area contributed by atoms with Crippen LogP contribution in [0, 0.1) is 0 Å². The van der Waals surface area contributed by atoms with E-state index in [0.29, 0.717) is 29.3 Å². The first-order valence-electron chi connectivity index (χ1n) is 10.8. The lowest BCUT2D eigenvalue weighted by molar-refractivity contribution is -0.130. The number of hydrogen-bond donors (Lipinski definition) is 2. The molecule has 0 radical (unpaired) electrons. The van der Waals surface area contributed by atoms with Crippen molar-refractivity contribution in [2.45, 2.75) is 13.1 Å². The Kier molecular flexibility index (Phi) is 7.28. The van der Waals surface area contributed by atoms with Crippen LogP contribution in [0.4, 0.5) is 4.79 Å². The summed E-state index contributed by atoms with van der Waals surface area (Å²) >= 11 is 6.19. The molecule has 0 bridgehead atoms. The number of urea groups is 1. The van der Waals surface area contributed by atoms with E-state index in [2.05, 4.69) is 10.6 Å². The molecule has 2 aromatic carbocycles. The maximum absolute atomic E-state index is 13.2. The van der Waals surface area contributed by atoms with Crippen LogP contribution in [0.5, 0.6) is 0 Å². The lowest BCUT2D eigenvalue weighted by Crippen LogP contribution is -2.53. The molecule has 1 fully saturated rings. The summed E-state index contributed by atoms with van der Waals surface area (Å²) in [5.74, 6) is -1.72. The van der Waals surface area contributed by atoms with Crippen molar-refractivity contribution < 1.29 is 23.9 Å². The van der Waals surface area contributed by atoms with E-state index in [-0.39, 0.29) is 24.6 Å². The number of hydrogen-bond acceptors (Lipinski definition) is 5. The van der Waals surface area contributed by atoms with Crippen LogP contribution < -0.4 is 10.6 Å². The molecule has 180 valence electrons. The molecule has 0 spiro atoms. The predicted molar refractivity (Wildman–Crippen MR) is 130 cm³/mol. The van der Waals surface area contributed by atoms with Crippen LogP contribution in [0.3, 0.4) is 0 Å². The number of carbonyl (C=O) groups is 4. The van der Waals surface area contributed by atoms with Crippen LogP contribution in [0.25, 0.3) is 17.0 Å². The molecule has 1 aliphatic heterocycles. The fraction of sp³-hybridized carbons (Fsp3) is 0.200. The number of nitrogens with zero attached hydrogens (tertiary/aromatic N) is 2. The summed E-state index contributed by atoms with van der Waals surface area (Å²) in [7, 11) is 1.55. The molecule has 2 N–H and O–H groups in total. The van der Waals surface area contributed by atoms with Gasteiger partial charge in [-0.05, 0) is 23.8 Å². The minimum absolute atomic E-state index is 0.0463. The van der Waals surface area contributed by atoms with Crippen molar-refractivity contribution in [2.75, 3.05) is 20.3 Å². The maximum atomic E-state index is 13.2. The number of para-hydroxylation sites is 1. The molecular weight excluding hydrogens is 472 g/mol. The minimum atomic E-state index is -0.813. The van der Waals surface area contributed by atoms with Crippen molar-refractivity contribution in [1.29, 1.82) is 0 Å². The molecular formula is C25H23ClN4O5. The Balaban J connectivity index is 1.65. The minimum Gasteiger partial charge on any atom is -0.383 e. The van der Waals surface area contributed by atoms with Gasteiger partial charge in [0.05, 0.1) is 13.2 Å². The summed E-state index contributed by atoms with van der Waals surface area (Å²) < 4.78 is 6.69. The SMILES string of the molecule is COCCNC(=O)Cn1cc(/C=C2\C(=O)NC(=O)N(Cc3ccccc3Cl)C2=O)c2ccccc21. The molecule has 1 saturated heterocycles. The Hall–Kier alpha value is -3.95. The number of fused-ring (bicyclic) bond motifs is 1. The van der Waals surface area contributed by atoms with Gasteiger partial charge in [0.15, 0.2) is 0 Å². The fourth-order valence-electron chi connectivity index (χ4n) is 3.81. The molecule has 9 nitrogen and oxygen atoms in total. The molecule has 2 heterocycles. The molecule has 0 aliphatic carbocycles. The van der Waals surface area contributed by atoms with E-state index in [1.165, 1.54) is 6.08 Å². The highest BCUT2D eigenvalue weighted by atomic mass is 35.5. The van der Waals surface area contributed by atoms with Gasteiger partial charge in [0, 0.05) is 41.3 Å². The molecule has 5 amide bonds. The number of imide groups is 2. The summed E-state index contributed by atoms with van der Waals surface area (Å²) in [4.78, 5) is 51.5. The Morgan fingerprint density at radius 1 is 1.11 bits per heavy atom. The third-order valence-electron chi connectivity index (χ3n) is 5.53. The smallest absolute Gasteiger partial charge is 0.331 e. The molecule has 10 heteroatoms. The lowest BCUT2D eigenvalue weighted by atomic mass is 10.1. The van der Waals surface area contributed by atoms with E-state index in [1.54, 1.807) is 42.1 Å². The van der Waals surface area contributed by atoms with Crippen LogP contribution >= 0.6 is 11.6 Å². The first kappa shape index (κ1) is 24.2. The summed E-state index contributed by atoms with van der Waals surface area (Å²) in [5, 5.41) is 6.14. The average molecular weight is 495 g/mol. The van der Waals surface area contributed by atoms with Crippen LogP contribution in [-0.4, -0.2) is 53.5 Å². The zero-order valence-electron chi connectivity index (χ0n) is 18.9. The Labute approximate surface area is 206 Å². The van der Waals surface area contributed by atoms with E-state index in [9.17, 15) is 19.2 Å². The number of rotatable bonds is 8. The van der Waals surface area contributed by atoms with Crippen LogP contribution in [0.2, 0.25) is 5.02 Å². The van der Waals surface area contributed by atoms with Crippen molar-refractivity contribution in [3.8, 4) is 0 Å². The van der Waals surface area contributed by atoms with Gasteiger partial charge >= 0.3 is 6.03 Å². The second kappa shape index (κ2) is 10.5. The summed E-state index contributed by atoms with van der Waals surface area (Å²) in [6.45, 7) is 0.745. The zero-order chi connectivity index (χ0) is 24.9. The molecule has 1 aliphatic rings. The number of barbiturate groups is 1. The van der Waals surface area contributed by atoms with E-state index < -0.39 is 17.8 Å². The predicted octanol–water partition coefficient (Wildman–Crippen LogP) is 2.72. The first-order chi connectivity index (χ1) is 16.9. The standard InChI is InChI=1S/C25H23ClN4O5/c1-35-11-10-27-22(31)15-29-13-17(18-7-3-5-9-21(18)29)12-19-23(32)28-25(34)30(24(19)33)14-16-6-2-4-8-20(16)26/h2-9,12-13H,10-11,14-15H2,1H3,(H,27,31)(H,28,32,34)/b19-12+. The van der Waals surface area contributed by atoms with Gasteiger partial charge in [0.1, 0.15) is 12.1 Å². The van der Waals surface area contributed by atoms with Crippen molar-refractivity contribution in [1.82, 2.24) is 20.1 Å². The number of amides is 5. The fourth-order valence-corrected chi connectivity index (χ4v) is 4.01. The zero-order valence-corrected chi connectivity index (χ0v) is 19.7. The highest BCUT2D eigenvalue weighted by Gasteiger charge is 2.36. The van der Waals surface area contributed by atoms with E-state index >= 15 is 0 Å². The second-order valence-electron chi connectivity index (χ2n) is 7.87. The van der Waals surface area contributed by atoms with E-state index in [1.807, 2.05) is 24.3 Å². The van der Waals surface area contributed by atoms with E-state index in [0.717, 1.165) is 15.8 Å². The second-order valence-corrected chi connectivity index (χ2v) is 8.28. The number of aromatic nitrogens is 1. The normalized spacial score (nSPS) is 15.1. The van der Waals surface area contributed by atoms with Gasteiger partial charge < -0.3 is 14.6 Å². The van der Waals surface area contributed by atoms with Gasteiger partial charge in [-0.2, -0.15) is 0 Å². The topological polar surface area (TPSA) is 110 Å². The summed E-state index contributed by atoms with van der Waals surface area (Å²) in [5.41, 5.74) is 1.70. The summed E-state index contributed by atoms with van der Waals surface area (Å²) in [6, 6.07) is 13.4. The Morgan fingerprint density at radius 3 is 2.63 bits per heavy atom.